The number of alkyl halides is 1. The van der Waals surface area contributed by atoms with Crippen molar-refractivity contribution in [3.8, 4) is 18.4 Å². The van der Waals surface area contributed by atoms with E-state index in [4.69, 9.17) is 21.1 Å². The molecule has 0 N–H and O–H groups in total. The number of likely N-dealkylation sites (N-methyl/N-ethyl adjacent to an activating group) is 1. The predicted octanol–water partition coefficient (Wildman–Crippen LogP) is 4.65. The number of halogens is 1. The van der Waals surface area contributed by atoms with Crippen molar-refractivity contribution in [1.82, 2.24) is 34.4 Å². The highest BCUT2D eigenvalue weighted by Gasteiger charge is 2.35. The monoisotopic (exact) mass is 656 g/mol. The molecule has 7 rings (SSSR count). The van der Waals surface area contributed by atoms with Gasteiger partial charge < -0.3 is 14.5 Å². The Balaban J connectivity index is 0.000000381. The first kappa shape index (κ1) is 33.9. The fraction of sp³-hybridized carbons (Fsp3) is 0.568. The molecule has 3 aromatic rings. The zero-order valence-corrected chi connectivity index (χ0v) is 29.1. The van der Waals surface area contributed by atoms with Gasteiger partial charge in [0.1, 0.15) is 12.0 Å². The molecule has 11 heteroatoms. The van der Waals surface area contributed by atoms with Crippen molar-refractivity contribution in [3.05, 3.63) is 63.6 Å². The van der Waals surface area contributed by atoms with E-state index in [1.807, 2.05) is 4.68 Å². The number of rotatable bonds is 6. The molecule has 0 bridgehead atoms. The Morgan fingerprint density at radius 3 is 2.69 bits per heavy atom. The number of anilines is 1. The molecule has 3 atom stereocenters. The van der Waals surface area contributed by atoms with Crippen molar-refractivity contribution in [2.45, 2.75) is 89.8 Å². The number of carbonyl (C=O) groups excluding carboxylic acids is 1. The van der Waals surface area contributed by atoms with Crippen LogP contribution in [0.5, 0.6) is 6.01 Å². The Morgan fingerprint density at radius 1 is 1.15 bits per heavy atom. The molecule has 4 aliphatic rings. The second-order valence-electron chi connectivity index (χ2n) is 13.7. The van der Waals surface area contributed by atoms with Crippen LogP contribution in [0.25, 0.3) is 0 Å². The Morgan fingerprint density at radius 2 is 1.96 bits per heavy atom. The molecular weight excluding hydrogens is 607 g/mol. The second-order valence-corrected chi connectivity index (χ2v) is 13.7. The van der Waals surface area contributed by atoms with E-state index in [1.165, 1.54) is 28.9 Å². The number of hydrogen-bond donors (Lipinski definition) is 0. The smallest absolute Gasteiger partial charge is 0.318 e. The summed E-state index contributed by atoms with van der Waals surface area (Å²) in [6, 6.07) is 9.95. The fourth-order valence-corrected chi connectivity index (χ4v) is 7.82. The largest absolute Gasteiger partial charge is 0.467 e. The molecule has 10 nitrogen and oxygen atoms in total. The fourth-order valence-electron chi connectivity index (χ4n) is 7.82. The molecule has 0 spiro atoms. The minimum absolute atomic E-state index is 0.188. The average Bonchev–Trinajstić information content (AvgIpc) is 3.72. The third-order valence-corrected chi connectivity index (χ3v) is 10.2. The number of fused-ring (bicyclic) bond motifs is 3. The van der Waals surface area contributed by atoms with Crippen LogP contribution < -0.4 is 9.64 Å². The molecule has 2 aromatic heterocycles. The van der Waals surface area contributed by atoms with Gasteiger partial charge in [-0.2, -0.15) is 15.1 Å². The molecule has 256 valence electrons. The van der Waals surface area contributed by atoms with E-state index in [0.717, 1.165) is 74.5 Å². The first-order chi connectivity index (χ1) is 23.2. The van der Waals surface area contributed by atoms with Crippen LogP contribution in [0.3, 0.4) is 0 Å². The number of aryl methyl sites for hydroxylation is 2. The van der Waals surface area contributed by atoms with Crippen molar-refractivity contribution in [2.24, 2.45) is 0 Å². The number of aromatic nitrogens is 4. The van der Waals surface area contributed by atoms with Crippen LogP contribution in [0.4, 0.5) is 10.2 Å². The van der Waals surface area contributed by atoms with Crippen LogP contribution in [0.15, 0.2) is 24.3 Å². The number of nitrogens with zero attached hydrogens (tertiary/aromatic N) is 8. The summed E-state index contributed by atoms with van der Waals surface area (Å²) in [6.45, 7) is 6.77. The first-order valence-corrected chi connectivity index (χ1v) is 17.3. The van der Waals surface area contributed by atoms with Crippen molar-refractivity contribution in [3.63, 3.8) is 0 Å². The summed E-state index contributed by atoms with van der Waals surface area (Å²) >= 11 is 0. The summed E-state index contributed by atoms with van der Waals surface area (Å²) in [5, 5.41) is 4.62. The SMILES string of the molecule is C#Cc1c(C(=O)N(C)C)nn2c1CN(c1nc(OC)nc3c1CN(C)C(c1ccccc1CCC)C3)CCC2.FC1CC2CCCN2C1. The van der Waals surface area contributed by atoms with Crippen LogP contribution in [-0.2, 0) is 32.5 Å². The topological polar surface area (TPSA) is 82.9 Å². The molecule has 1 amide bonds. The Labute approximate surface area is 284 Å². The lowest BCUT2D eigenvalue weighted by Crippen LogP contribution is -2.35. The number of terminal acetylenes is 1. The van der Waals surface area contributed by atoms with Crippen LogP contribution in [0, 0.1) is 12.3 Å². The third-order valence-electron chi connectivity index (χ3n) is 10.2. The Kier molecular flexibility index (Phi) is 10.3. The van der Waals surface area contributed by atoms with E-state index in [-0.39, 0.29) is 11.9 Å². The number of methoxy groups -OCH3 is 1. The maximum atomic E-state index is 12.8. The number of amides is 1. The summed E-state index contributed by atoms with van der Waals surface area (Å²) in [6.07, 6.45) is 12.5. The van der Waals surface area contributed by atoms with Gasteiger partial charge in [0.15, 0.2) is 5.69 Å². The molecule has 1 aromatic carbocycles. The van der Waals surface area contributed by atoms with Gasteiger partial charge in [-0.1, -0.05) is 43.5 Å². The number of carbonyl (C=O) groups is 1. The Hall–Kier alpha value is -4.01. The van der Waals surface area contributed by atoms with Gasteiger partial charge in [-0.25, -0.2) is 4.39 Å². The molecular formula is C37H49FN8O2. The standard InChI is InChI=1S/C30H37N7O2.C7H12FN/c1-7-12-20-13-9-10-14-22(20)25-17-24-23(18-35(25)5)28(32-30(31-24)39-6)36-15-11-16-37-26(19-36)21(8-2)27(33-37)29(38)34(3)4;8-6-4-7-2-1-3-9(7)5-6/h2,9-10,13-14,25H,7,11-12,15-19H2,1,3-6H3;6-7H,1-5H2. The van der Waals surface area contributed by atoms with Gasteiger partial charge >= 0.3 is 6.01 Å². The quantitative estimate of drug-likeness (QED) is 0.355. The summed E-state index contributed by atoms with van der Waals surface area (Å²) < 4.78 is 20.1. The lowest BCUT2D eigenvalue weighted by Gasteiger charge is -2.37. The first-order valence-electron chi connectivity index (χ1n) is 17.3. The van der Waals surface area contributed by atoms with Crippen molar-refractivity contribution in [2.75, 3.05) is 52.8 Å². The molecule has 0 radical (unpaired) electrons. The highest BCUT2D eigenvalue weighted by atomic mass is 19.1. The normalized spacial score (nSPS) is 22.1. The van der Waals surface area contributed by atoms with Gasteiger partial charge in [0.2, 0.25) is 0 Å². The van der Waals surface area contributed by atoms with Crippen LogP contribution in [-0.4, -0.2) is 100 Å². The lowest BCUT2D eigenvalue weighted by atomic mass is 9.89. The van der Waals surface area contributed by atoms with Gasteiger partial charge in [0.25, 0.3) is 5.91 Å². The number of hydrogen-bond acceptors (Lipinski definition) is 8. The maximum absolute atomic E-state index is 12.8. The number of benzene rings is 1. The van der Waals surface area contributed by atoms with Gasteiger partial charge in [-0.15, -0.1) is 6.42 Å². The molecule has 0 saturated carbocycles. The van der Waals surface area contributed by atoms with Crippen LogP contribution >= 0.6 is 0 Å². The minimum atomic E-state index is -0.518. The van der Waals surface area contributed by atoms with Gasteiger partial charge in [0.05, 0.1) is 30.6 Å². The van der Waals surface area contributed by atoms with Gasteiger partial charge in [-0.05, 0) is 56.8 Å². The zero-order valence-electron chi connectivity index (χ0n) is 29.1. The van der Waals surface area contributed by atoms with E-state index >= 15 is 0 Å². The third kappa shape index (κ3) is 6.78. The molecule has 4 aliphatic heterocycles. The summed E-state index contributed by atoms with van der Waals surface area (Å²) in [4.78, 5) is 30.9. The van der Waals surface area contributed by atoms with Crippen LogP contribution in [0.2, 0.25) is 0 Å². The maximum Gasteiger partial charge on any atom is 0.318 e. The zero-order chi connectivity index (χ0) is 33.9. The summed E-state index contributed by atoms with van der Waals surface area (Å²) in [7, 11) is 7.21. The lowest BCUT2D eigenvalue weighted by molar-refractivity contribution is 0.0820. The molecule has 3 unspecified atom stereocenters. The predicted molar refractivity (Wildman–Crippen MR) is 185 cm³/mol. The van der Waals surface area contributed by atoms with Crippen molar-refractivity contribution in [1.29, 1.82) is 0 Å². The van der Waals surface area contributed by atoms with E-state index < -0.39 is 6.17 Å². The van der Waals surface area contributed by atoms with Gasteiger partial charge in [-0.3, -0.25) is 19.3 Å². The van der Waals surface area contributed by atoms with Crippen molar-refractivity contribution < 1.29 is 13.9 Å². The molecule has 48 heavy (non-hydrogen) atoms. The van der Waals surface area contributed by atoms with Crippen LogP contribution in [0.1, 0.15) is 89.2 Å². The summed E-state index contributed by atoms with van der Waals surface area (Å²) in [5.41, 5.74) is 6.64. The Bertz CT molecular complexity index is 1650. The van der Waals surface area contributed by atoms with Crippen molar-refractivity contribution >= 4 is 11.7 Å². The number of ether oxygens (including phenoxy) is 1. The average molecular weight is 657 g/mol. The molecule has 2 saturated heterocycles. The van der Waals surface area contributed by atoms with E-state index in [2.05, 4.69) is 64.0 Å². The summed E-state index contributed by atoms with van der Waals surface area (Å²) in [5.74, 6) is 3.42. The van der Waals surface area contributed by atoms with E-state index in [0.29, 0.717) is 42.9 Å². The molecule has 6 heterocycles. The molecule has 0 aliphatic carbocycles. The highest BCUT2D eigenvalue weighted by Crippen LogP contribution is 2.38. The van der Waals surface area contributed by atoms with E-state index in [1.54, 1.807) is 21.2 Å². The van der Waals surface area contributed by atoms with Gasteiger partial charge in [0, 0.05) is 64.3 Å². The van der Waals surface area contributed by atoms with E-state index in [9.17, 15) is 9.18 Å². The minimum Gasteiger partial charge on any atom is -0.467 e. The highest BCUT2D eigenvalue weighted by molar-refractivity contribution is 5.94. The molecule has 2 fully saturated rings. The second kappa shape index (κ2) is 14.6.